The molecule has 1 rings (SSSR count). The summed E-state index contributed by atoms with van der Waals surface area (Å²) in [5, 5.41) is 93.7. The second-order valence-electron chi connectivity index (χ2n) is 11.2. The van der Waals surface area contributed by atoms with Crippen LogP contribution in [0.4, 0.5) is 0 Å². The van der Waals surface area contributed by atoms with Crippen LogP contribution >= 0.6 is 0 Å². The Morgan fingerprint density at radius 1 is 0.795 bits per heavy atom. The summed E-state index contributed by atoms with van der Waals surface area (Å²) in [6.45, 7) is 2.39. The van der Waals surface area contributed by atoms with E-state index in [1.165, 1.54) is 0 Å². The Balaban J connectivity index is 2.93. The number of hydrogen-bond acceptors (Lipinski definition) is 14. The molecule has 10 N–H and O–H groups in total. The van der Waals surface area contributed by atoms with Gasteiger partial charge in [-0.1, -0.05) is 45.4 Å². The molecule has 0 bridgehead atoms. The smallest absolute Gasteiger partial charge is 0.257 e. The fourth-order valence-corrected chi connectivity index (χ4v) is 5.20. The number of carbonyl (C=O) groups is 1. The van der Waals surface area contributed by atoms with Crippen molar-refractivity contribution in [2.24, 2.45) is 5.92 Å². The first-order chi connectivity index (χ1) is 21.1. The van der Waals surface area contributed by atoms with Gasteiger partial charge in [0.15, 0.2) is 11.8 Å². The van der Waals surface area contributed by atoms with Crippen molar-refractivity contribution in [1.82, 2.24) is 5.32 Å². The molecule has 0 aromatic carbocycles. The predicted molar refractivity (Wildman–Crippen MR) is 156 cm³/mol. The molecular weight excluding hydrogens is 586 g/mol. The van der Waals surface area contributed by atoms with Crippen LogP contribution in [0.2, 0.25) is 0 Å². The second kappa shape index (κ2) is 23.3. The van der Waals surface area contributed by atoms with Gasteiger partial charge in [-0.15, -0.1) is 0 Å². The highest BCUT2D eigenvalue weighted by Crippen LogP contribution is 2.34. The van der Waals surface area contributed by atoms with E-state index in [-0.39, 0.29) is 19.6 Å². The third kappa shape index (κ3) is 13.4. The van der Waals surface area contributed by atoms with Gasteiger partial charge in [-0.2, -0.15) is 0 Å². The zero-order chi connectivity index (χ0) is 33.0. The highest BCUT2D eigenvalue weighted by molar-refractivity contribution is 5.86. The fourth-order valence-electron chi connectivity index (χ4n) is 5.20. The van der Waals surface area contributed by atoms with Crippen LogP contribution in [0.5, 0.6) is 0 Å². The lowest BCUT2D eigenvalue weighted by Crippen LogP contribution is -2.69. The third-order valence-electron chi connectivity index (χ3n) is 7.88. The molecule has 262 valence electrons. The Hall–Kier alpha value is -1.05. The van der Waals surface area contributed by atoms with Crippen LogP contribution in [0.1, 0.15) is 64.7 Å². The molecule has 1 heterocycles. The Morgan fingerprint density at radius 3 is 1.93 bits per heavy atom. The number of ether oxygens (including phenoxy) is 4. The zero-order valence-electron chi connectivity index (χ0n) is 25.9. The number of carbonyl (C=O) groups excluding carboxylic acids is 1. The van der Waals surface area contributed by atoms with E-state index in [4.69, 9.17) is 24.1 Å². The van der Waals surface area contributed by atoms with Crippen LogP contribution in [0.15, 0.2) is 0 Å². The van der Waals surface area contributed by atoms with Gasteiger partial charge < -0.3 is 70.2 Å². The number of aliphatic hydroxyl groups is 9. The monoisotopic (exact) mass is 643 g/mol. The van der Waals surface area contributed by atoms with Crippen LogP contribution < -0.4 is 5.32 Å². The van der Waals surface area contributed by atoms with Crippen molar-refractivity contribution in [3.8, 4) is 0 Å². The maximum absolute atomic E-state index is 13.6. The van der Waals surface area contributed by atoms with Crippen LogP contribution in [0.25, 0.3) is 0 Å². The lowest BCUT2D eigenvalue weighted by Gasteiger charge is -2.44. The van der Waals surface area contributed by atoms with Gasteiger partial charge in [0.1, 0.15) is 36.6 Å². The van der Waals surface area contributed by atoms with Gasteiger partial charge in [0.2, 0.25) is 0 Å². The third-order valence-corrected chi connectivity index (χ3v) is 7.88. The maximum atomic E-state index is 13.6. The van der Waals surface area contributed by atoms with Crippen molar-refractivity contribution >= 4 is 5.91 Å². The van der Waals surface area contributed by atoms with E-state index in [2.05, 4.69) is 12.2 Å². The highest BCUT2D eigenvalue weighted by Gasteiger charge is 2.53. The maximum Gasteiger partial charge on any atom is 0.257 e. The molecule has 0 aromatic rings. The van der Waals surface area contributed by atoms with E-state index in [1.807, 2.05) is 0 Å². The van der Waals surface area contributed by atoms with Crippen molar-refractivity contribution < 1.29 is 69.7 Å². The molecule has 15 nitrogen and oxygen atoms in total. The first-order valence-corrected chi connectivity index (χ1v) is 15.7. The van der Waals surface area contributed by atoms with E-state index in [9.17, 15) is 45.6 Å². The minimum atomic E-state index is -2.64. The largest absolute Gasteiger partial charge is 0.394 e. The topological polar surface area (TPSA) is 248 Å². The van der Waals surface area contributed by atoms with Crippen molar-refractivity contribution in [2.75, 3.05) is 59.5 Å². The molecule has 9 atom stereocenters. The number of hydrogen-bond donors (Lipinski definition) is 10. The van der Waals surface area contributed by atoms with Crippen LogP contribution in [0, 0.1) is 5.92 Å². The van der Waals surface area contributed by atoms with E-state index in [0.29, 0.717) is 58.7 Å². The Labute approximate surface area is 259 Å². The summed E-state index contributed by atoms with van der Waals surface area (Å²) in [4.78, 5) is 13.6. The predicted octanol–water partition coefficient (Wildman–Crippen LogP) is -2.46. The molecule has 2 unspecified atom stereocenters. The fraction of sp³-hybridized carbons (Fsp3) is 0.966. The molecule has 0 aliphatic carbocycles. The summed E-state index contributed by atoms with van der Waals surface area (Å²) in [5.41, 5.74) is -2.64. The molecule has 1 aliphatic heterocycles. The van der Waals surface area contributed by atoms with Gasteiger partial charge in [0, 0.05) is 6.61 Å². The van der Waals surface area contributed by atoms with Crippen LogP contribution in [-0.2, 0) is 23.7 Å². The Kier molecular flexibility index (Phi) is 21.7. The van der Waals surface area contributed by atoms with E-state index < -0.39 is 73.5 Å². The Morgan fingerprint density at radius 2 is 1.36 bits per heavy atom. The quantitative estimate of drug-likeness (QED) is 0.0439. The summed E-state index contributed by atoms with van der Waals surface area (Å²) < 4.78 is 21.4. The van der Waals surface area contributed by atoms with Gasteiger partial charge in [-0.25, -0.2) is 0 Å². The lowest BCUT2D eigenvalue weighted by atomic mass is 9.74. The molecule has 15 heteroatoms. The van der Waals surface area contributed by atoms with E-state index in [0.717, 1.165) is 25.7 Å². The lowest BCUT2D eigenvalue weighted by molar-refractivity contribution is -0.240. The SMILES string of the molecule is CCCCCCCC(CCCCOCCOCCOCCO)[C@](O)(C(=O)NC1O[C@H](CO)[C@@H](O)[C@H](O)[C@H]1O)[C@H](O)[C@H](O)CO. The molecule has 44 heavy (non-hydrogen) atoms. The molecular formula is C29H57NO14. The average Bonchev–Trinajstić information content (AvgIpc) is 3.03. The van der Waals surface area contributed by atoms with E-state index >= 15 is 0 Å². The van der Waals surface area contributed by atoms with Gasteiger partial charge in [-0.05, 0) is 25.2 Å². The van der Waals surface area contributed by atoms with Crippen LogP contribution in [-0.4, -0.2) is 160 Å². The molecule has 1 amide bonds. The molecule has 0 spiro atoms. The Bertz CT molecular complexity index is 734. The number of aliphatic hydroxyl groups excluding tert-OH is 8. The molecule has 1 fully saturated rings. The first-order valence-electron chi connectivity index (χ1n) is 15.7. The first kappa shape index (κ1) is 41.0. The van der Waals surface area contributed by atoms with E-state index in [1.54, 1.807) is 0 Å². The summed E-state index contributed by atoms with van der Waals surface area (Å²) in [6.07, 6.45) is -6.32. The van der Waals surface area contributed by atoms with Crippen molar-refractivity contribution in [3.63, 3.8) is 0 Å². The average molecular weight is 644 g/mol. The second-order valence-corrected chi connectivity index (χ2v) is 11.2. The molecule has 1 saturated heterocycles. The molecule has 1 aliphatic rings. The van der Waals surface area contributed by atoms with Gasteiger partial charge in [0.25, 0.3) is 5.91 Å². The molecule has 0 radical (unpaired) electrons. The molecule has 0 saturated carbocycles. The minimum absolute atomic E-state index is 0.0515. The van der Waals surface area contributed by atoms with Crippen molar-refractivity contribution in [2.45, 2.75) is 113 Å². The number of unbranched alkanes of at least 4 members (excludes halogenated alkanes) is 5. The zero-order valence-corrected chi connectivity index (χ0v) is 25.9. The highest BCUT2D eigenvalue weighted by atomic mass is 16.6. The number of amides is 1. The summed E-state index contributed by atoms with van der Waals surface area (Å²) in [5.74, 6) is -2.11. The van der Waals surface area contributed by atoms with Crippen molar-refractivity contribution in [1.29, 1.82) is 0 Å². The standard InChI is InChI=1S/C29H57NO14/c1-2-3-4-5-6-9-20(10-7-8-12-41-14-16-43-17-15-42-13-11-31)29(40,26(38)21(34)18-32)28(39)30-27-25(37)24(36)23(35)22(19-33)44-27/h20-27,31-38,40H,2-19H2,1H3,(H,30,39)/t20?,21-,22-,23-,24+,25-,26-,27?,29-/m1/s1. The summed E-state index contributed by atoms with van der Waals surface area (Å²) in [7, 11) is 0. The minimum Gasteiger partial charge on any atom is -0.394 e. The van der Waals surface area contributed by atoms with Crippen LogP contribution in [0.3, 0.4) is 0 Å². The summed E-state index contributed by atoms with van der Waals surface area (Å²) >= 11 is 0. The number of nitrogens with one attached hydrogen (secondary N) is 1. The number of rotatable bonds is 26. The molecule has 0 aromatic heterocycles. The van der Waals surface area contributed by atoms with Gasteiger partial charge >= 0.3 is 0 Å². The summed E-state index contributed by atoms with van der Waals surface area (Å²) in [6, 6.07) is 0. The van der Waals surface area contributed by atoms with Crippen molar-refractivity contribution in [3.05, 3.63) is 0 Å². The van der Waals surface area contributed by atoms with Gasteiger partial charge in [-0.3, -0.25) is 4.79 Å². The normalized spacial score (nSPS) is 25.7. The van der Waals surface area contributed by atoms with Gasteiger partial charge in [0.05, 0.1) is 52.9 Å².